The van der Waals surface area contributed by atoms with Crippen LogP contribution in [-0.2, 0) is 10.2 Å². The van der Waals surface area contributed by atoms with E-state index in [1.54, 1.807) is 4.31 Å². The van der Waals surface area contributed by atoms with Gasteiger partial charge in [0, 0.05) is 25.0 Å². The van der Waals surface area contributed by atoms with Crippen molar-refractivity contribution in [2.45, 2.75) is 58.1 Å². The van der Waals surface area contributed by atoms with E-state index in [1.165, 1.54) is 0 Å². The van der Waals surface area contributed by atoms with Crippen molar-refractivity contribution in [1.82, 2.24) is 9.03 Å². The second-order valence-corrected chi connectivity index (χ2v) is 7.94. The van der Waals surface area contributed by atoms with Gasteiger partial charge in [0.25, 0.3) is 10.2 Å². The quantitative estimate of drug-likeness (QED) is 0.796. The summed E-state index contributed by atoms with van der Waals surface area (Å²) in [6.45, 7) is 5.04. The molecule has 1 aliphatic heterocycles. The van der Waals surface area contributed by atoms with E-state index in [9.17, 15) is 13.5 Å². The third-order valence-electron chi connectivity index (χ3n) is 4.26. The van der Waals surface area contributed by atoms with Crippen molar-refractivity contribution >= 4 is 10.2 Å². The second-order valence-electron chi connectivity index (χ2n) is 6.23. The van der Waals surface area contributed by atoms with Crippen LogP contribution in [-0.4, -0.2) is 43.1 Å². The molecule has 0 bridgehead atoms. The number of aliphatic hydroxyl groups is 1. The molecule has 112 valence electrons. The Morgan fingerprint density at radius 3 is 2.58 bits per heavy atom. The Balaban J connectivity index is 2.05. The fraction of sp³-hybridized carbons (Fsp3) is 1.00. The molecule has 0 radical (unpaired) electrons. The van der Waals surface area contributed by atoms with E-state index in [-0.39, 0.29) is 18.1 Å². The molecular weight excluding hydrogens is 264 g/mol. The van der Waals surface area contributed by atoms with Gasteiger partial charge >= 0.3 is 0 Å². The summed E-state index contributed by atoms with van der Waals surface area (Å²) in [4.78, 5) is 0. The average Bonchev–Trinajstić information content (AvgIpc) is 2.94. The molecule has 2 fully saturated rings. The summed E-state index contributed by atoms with van der Waals surface area (Å²) in [7, 11) is -3.39. The zero-order valence-corrected chi connectivity index (χ0v) is 12.7. The Morgan fingerprint density at radius 1 is 1.26 bits per heavy atom. The fourth-order valence-electron chi connectivity index (χ4n) is 3.27. The lowest BCUT2D eigenvalue weighted by atomic mass is 9.95. The first-order valence-electron chi connectivity index (χ1n) is 7.36. The van der Waals surface area contributed by atoms with Gasteiger partial charge in [0.05, 0.1) is 6.10 Å². The predicted molar refractivity (Wildman–Crippen MR) is 74.8 cm³/mol. The van der Waals surface area contributed by atoms with E-state index in [0.29, 0.717) is 19.0 Å². The molecule has 0 spiro atoms. The number of hydrogen-bond donors (Lipinski definition) is 2. The van der Waals surface area contributed by atoms with Gasteiger partial charge in [0.15, 0.2) is 0 Å². The number of aliphatic hydroxyl groups excluding tert-OH is 1. The van der Waals surface area contributed by atoms with Gasteiger partial charge in [-0.3, -0.25) is 0 Å². The molecule has 0 aromatic heterocycles. The highest BCUT2D eigenvalue weighted by Crippen LogP contribution is 2.36. The molecule has 6 heteroatoms. The third-order valence-corrected chi connectivity index (χ3v) is 5.86. The molecule has 3 unspecified atom stereocenters. The molecule has 1 saturated heterocycles. The highest BCUT2D eigenvalue weighted by molar-refractivity contribution is 7.87. The fourth-order valence-corrected chi connectivity index (χ4v) is 4.96. The minimum Gasteiger partial charge on any atom is -0.393 e. The summed E-state index contributed by atoms with van der Waals surface area (Å²) in [5.74, 6) is 0.422. The molecule has 5 nitrogen and oxygen atoms in total. The van der Waals surface area contributed by atoms with Crippen molar-refractivity contribution in [2.75, 3.05) is 13.1 Å². The molecule has 1 heterocycles. The maximum absolute atomic E-state index is 12.3. The molecule has 3 atom stereocenters. The zero-order chi connectivity index (χ0) is 14.0. The van der Waals surface area contributed by atoms with E-state index in [4.69, 9.17) is 0 Å². The lowest BCUT2D eigenvalue weighted by molar-refractivity contribution is 0.0971. The van der Waals surface area contributed by atoms with Crippen LogP contribution in [0, 0.1) is 11.8 Å². The summed E-state index contributed by atoms with van der Waals surface area (Å²) in [6, 6.07) is -0.0119. The van der Waals surface area contributed by atoms with E-state index in [1.807, 2.05) is 13.8 Å². The number of hydrogen-bond acceptors (Lipinski definition) is 3. The molecule has 0 amide bonds. The molecule has 19 heavy (non-hydrogen) atoms. The Kier molecular flexibility index (Phi) is 4.87. The molecule has 2 N–H and O–H groups in total. The van der Waals surface area contributed by atoms with Gasteiger partial charge in [-0.15, -0.1) is 0 Å². The summed E-state index contributed by atoms with van der Waals surface area (Å²) < 4.78 is 29.0. The van der Waals surface area contributed by atoms with Gasteiger partial charge in [-0.05, 0) is 31.6 Å². The van der Waals surface area contributed by atoms with Crippen molar-refractivity contribution in [3.8, 4) is 0 Å². The standard InChI is InChI=1S/C13H26N2O3S/c1-10(2)9-14-19(17,18)15-8-4-6-12(15)11-5-3-7-13(11)16/h10-14,16H,3-9H2,1-2H3. The summed E-state index contributed by atoms with van der Waals surface area (Å²) >= 11 is 0. The van der Waals surface area contributed by atoms with Crippen molar-refractivity contribution < 1.29 is 13.5 Å². The van der Waals surface area contributed by atoms with Gasteiger partial charge in [0.2, 0.25) is 0 Å². The van der Waals surface area contributed by atoms with Crippen molar-refractivity contribution in [2.24, 2.45) is 11.8 Å². The third kappa shape index (κ3) is 3.48. The highest BCUT2D eigenvalue weighted by Gasteiger charge is 2.42. The van der Waals surface area contributed by atoms with Crippen LogP contribution in [0.25, 0.3) is 0 Å². The van der Waals surface area contributed by atoms with Gasteiger partial charge in [-0.2, -0.15) is 12.7 Å². The van der Waals surface area contributed by atoms with Crippen LogP contribution in [0.15, 0.2) is 0 Å². The lowest BCUT2D eigenvalue weighted by Crippen LogP contribution is -2.48. The maximum Gasteiger partial charge on any atom is 0.279 e. The molecular formula is C13H26N2O3S. The summed E-state index contributed by atoms with van der Waals surface area (Å²) in [5, 5.41) is 10.0. The maximum atomic E-state index is 12.3. The van der Waals surface area contributed by atoms with Gasteiger partial charge in [-0.25, -0.2) is 4.72 Å². The molecule has 0 aromatic carbocycles. The van der Waals surface area contributed by atoms with Crippen LogP contribution in [0.4, 0.5) is 0 Å². The minimum absolute atomic E-state index is 0.0119. The largest absolute Gasteiger partial charge is 0.393 e. The zero-order valence-electron chi connectivity index (χ0n) is 11.9. The lowest BCUT2D eigenvalue weighted by Gasteiger charge is -2.30. The van der Waals surface area contributed by atoms with Gasteiger partial charge < -0.3 is 5.11 Å². The monoisotopic (exact) mass is 290 g/mol. The van der Waals surface area contributed by atoms with Gasteiger partial charge in [0.1, 0.15) is 0 Å². The first kappa shape index (κ1) is 15.2. The predicted octanol–water partition coefficient (Wildman–Crippen LogP) is 1.10. The molecule has 2 rings (SSSR count). The van der Waals surface area contributed by atoms with Crippen LogP contribution >= 0.6 is 0 Å². The Hall–Kier alpha value is -0.170. The normalized spacial score (nSPS) is 33.4. The molecule has 2 aliphatic rings. The van der Waals surface area contributed by atoms with Crippen molar-refractivity contribution in [3.05, 3.63) is 0 Å². The van der Waals surface area contributed by atoms with E-state index < -0.39 is 10.2 Å². The Bertz CT molecular complexity index is 397. The first-order chi connectivity index (χ1) is 8.92. The summed E-state index contributed by atoms with van der Waals surface area (Å²) in [6.07, 6.45) is 4.22. The first-order valence-corrected chi connectivity index (χ1v) is 8.80. The van der Waals surface area contributed by atoms with E-state index in [0.717, 1.165) is 32.1 Å². The number of nitrogens with one attached hydrogen (secondary N) is 1. The highest BCUT2D eigenvalue weighted by atomic mass is 32.2. The van der Waals surface area contributed by atoms with Crippen LogP contribution < -0.4 is 4.72 Å². The number of nitrogens with zero attached hydrogens (tertiary/aromatic N) is 1. The second kappa shape index (κ2) is 6.08. The topological polar surface area (TPSA) is 69.6 Å². The van der Waals surface area contributed by atoms with Crippen LogP contribution in [0.3, 0.4) is 0 Å². The average molecular weight is 290 g/mol. The van der Waals surface area contributed by atoms with Crippen LogP contribution in [0.2, 0.25) is 0 Å². The van der Waals surface area contributed by atoms with Crippen LogP contribution in [0.5, 0.6) is 0 Å². The molecule has 1 saturated carbocycles. The van der Waals surface area contributed by atoms with Crippen LogP contribution in [0.1, 0.15) is 46.0 Å². The Morgan fingerprint density at radius 2 is 2.00 bits per heavy atom. The SMILES string of the molecule is CC(C)CNS(=O)(=O)N1CCCC1C1CCCC1O. The van der Waals surface area contributed by atoms with Crippen molar-refractivity contribution in [1.29, 1.82) is 0 Å². The Labute approximate surface area is 116 Å². The van der Waals surface area contributed by atoms with Crippen molar-refractivity contribution in [3.63, 3.8) is 0 Å². The summed E-state index contributed by atoms with van der Waals surface area (Å²) in [5.41, 5.74) is 0. The van der Waals surface area contributed by atoms with E-state index in [2.05, 4.69) is 4.72 Å². The molecule has 0 aromatic rings. The minimum atomic E-state index is -3.39. The van der Waals surface area contributed by atoms with Gasteiger partial charge in [-0.1, -0.05) is 20.3 Å². The smallest absolute Gasteiger partial charge is 0.279 e. The number of rotatable bonds is 5. The van der Waals surface area contributed by atoms with E-state index >= 15 is 0 Å². The molecule has 1 aliphatic carbocycles.